The van der Waals surface area contributed by atoms with Gasteiger partial charge in [-0.15, -0.1) is 0 Å². The number of benzene rings is 2. The molecule has 4 rings (SSSR count). The van der Waals surface area contributed by atoms with Crippen molar-refractivity contribution < 1.29 is 13.9 Å². The van der Waals surface area contributed by atoms with E-state index >= 15 is 0 Å². The Morgan fingerprint density at radius 2 is 1.70 bits per heavy atom. The van der Waals surface area contributed by atoms with E-state index in [0.717, 1.165) is 49.8 Å². The van der Waals surface area contributed by atoms with E-state index in [1.807, 2.05) is 43.3 Å². The quantitative estimate of drug-likeness (QED) is 0.623. The number of aryl methyl sites for hydroxylation is 1. The molecule has 1 aliphatic rings. The van der Waals surface area contributed by atoms with Gasteiger partial charge in [-0.05, 0) is 43.8 Å². The molecule has 0 atom stereocenters. The molecule has 30 heavy (non-hydrogen) atoms. The molecule has 6 heteroatoms. The number of hydrogen-bond donors (Lipinski definition) is 0. The lowest BCUT2D eigenvalue weighted by molar-refractivity contribution is 0.134. The molecule has 0 radical (unpaired) electrons. The molecule has 1 fully saturated rings. The second kappa shape index (κ2) is 8.90. The van der Waals surface area contributed by atoms with Crippen molar-refractivity contribution in [2.45, 2.75) is 6.92 Å². The van der Waals surface area contributed by atoms with Crippen molar-refractivity contribution >= 4 is 11.0 Å². The molecule has 2 heterocycles. The summed E-state index contributed by atoms with van der Waals surface area (Å²) in [6, 6.07) is 12.9. The van der Waals surface area contributed by atoms with Crippen LogP contribution >= 0.6 is 0 Å². The lowest BCUT2D eigenvalue weighted by Crippen LogP contribution is -2.45. The number of nitrogens with zero attached hydrogens (tertiary/aromatic N) is 2. The Labute approximate surface area is 176 Å². The molecular weight excluding hydrogens is 380 g/mol. The van der Waals surface area contributed by atoms with E-state index in [1.54, 1.807) is 13.2 Å². The van der Waals surface area contributed by atoms with E-state index in [0.29, 0.717) is 28.9 Å². The largest absolute Gasteiger partial charge is 0.497 e. The molecular formula is C24H28N2O4. The van der Waals surface area contributed by atoms with Crippen molar-refractivity contribution in [3.63, 3.8) is 0 Å². The number of methoxy groups -OCH3 is 1. The summed E-state index contributed by atoms with van der Waals surface area (Å²) in [5.41, 5.74) is 1.90. The number of likely N-dealkylation sites (N-methyl/N-ethyl adjacent to an activating group) is 1. The summed E-state index contributed by atoms with van der Waals surface area (Å²) < 4.78 is 17.1. The van der Waals surface area contributed by atoms with Gasteiger partial charge in [-0.1, -0.05) is 12.1 Å². The fourth-order valence-electron chi connectivity index (χ4n) is 3.83. The predicted molar refractivity (Wildman–Crippen MR) is 119 cm³/mol. The summed E-state index contributed by atoms with van der Waals surface area (Å²) in [4.78, 5) is 17.9. The van der Waals surface area contributed by atoms with E-state index in [1.165, 1.54) is 0 Å². The second-order valence-corrected chi connectivity index (χ2v) is 7.74. The standard InChI is InChI=1S/C24H28N2O4/c1-17-23(18-4-6-19(28-3)7-5-18)24(27)21-9-8-20(16-22(21)30-17)29-15-14-26-12-10-25(2)11-13-26/h4-9,16H,10-15H2,1-3H3. The summed E-state index contributed by atoms with van der Waals surface area (Å²) in [5, 5.41) is 0.554. The predicted octanol–water partition coefficient (Wildman–Crippen LogP) is 3.40. The van der Waals surface area contributed by atoms with Gasteiger partial charge >= 0.3 is 0 Å². The highest BCUT2D eigenvalue weighted by Crippen LogP contribution is 2.27. The van der Waals surface area contributed by atoms with Gasteiger partial charge in [0.2, 0.25) is 5.43 Å². The maximum absolute atomic E-state index is 13.1. The van der Waals surface area contributed by atoms with E-state index in [-0.39, 0.29) is 5.43 Å². The minimum absolute atomic E-state index is 0.0390. The highest BCUT2D eigenvalue weighted by molar-refractivity contribution is 5.83. The van der Waals surface area contributed by atoms with Crippen molar-refractivity contribution in [3.8, 4) is 22.6 Å². The maximum atomic E-state index is 13.1. The molecule has 1 saturated heterocycles. The van der Waals surface area contributed by atoms with Gasteiger partial charge in [-0.3, -0.25) is 9.69 Å². The van der Waals surface area contributed by atoms with Crippen molar-refractivity contribution in [3.05, 3.63) is 58.4 Å². The lowest BCUT2D eigenvalue weighted by Gasteiger charge is -2.32. The Morgan fingerprint density at radius 3 is 2.40 bits per heavy atom. The van der Waals surface area contributed by atoms with Crippen LogP contribution in [-0.4, -0.2) is 63.3 Å². The van der Waals surface area contributed by atoms with Crippen LogP contribution in [0.15, 0.2) is 51.7 Å². The molecule has 1 aromatic heterocycles. The molecule has 6 nitrogen and oxygen atoms in total. The average Bonchev–Trinajstić information content (AvgIpc) is 2.75. The van der Waals surface area contributed by atoms with Crippen LogP contribution in [0, 0.1) is 6.92 Å². The van der Waals surface area contributed by atoms with E-state index in [9.17, 15) is 4.79 Å². The molecule has 158 valence electrons. The van der Waals surface area contributed by atoms with E-state index in [4.69, 9.17) is 13.9 Å². The Balaban J connectivity index is 1.51. The average molecular weight is 408 g/mol. The Kier molecular flexibility index (Phi) is 6.06. The molecule has 0 N–H and O–H groups in total. The summed E-state index contributed by atoms with van der Waals surface area (Å²) >= 11 is 0. The monoisotopic (exact) mass is 408 g/mol. The van der Waals surface area contributed by atoms with Crippen LogP contribution in [-0.2, 0) is 0 Å². The highest BCUT2D eigenvalue weighted by atomic mass is 16.5. The zero-order valence-electron chi connectivity index (χ0n) is 17.8. The molecule has 1 aliphatic heterocycles. The summed E-state index contributed by atoms with van der Waals surface area (Å²) in [7, 11) is 3.77. The Bertz CT molecular complexity index is 1070. The second-order valence-electron chi connectivity index (χ2n) is 7.74. The van der Waals surface area contributed by atoms with Gasteiger partial charge in [0.25, 0.3) is 0 Å². The van der Waals surface area contributed by atoms with Crippen LogP contribution in [0.3, 0.4) is 0 Å². The molecule has 0 unspecified atom stereocenters. The summed E-state index contributed by atoms with van der Waals surface area (Å²) in [6.45, 7) is 7.66. The third-order valence-corrected chi connectivity index (χ3v) is 5.69. The zero-order chi connectivity index (χ0) is 21.1. The third-order valence-electron chi connectivity index (χ3n) is 5.69. The van der Waals surface area contributed by atoms with Crippen LogP contribution in [0.1, 0.15) is 5.76 Å². The topological polar surface area (TPSA) is 55.2 Å². The number of fused-ring (bicyclic) bond motifs is 1. The Morgan fingerprint density at radius 1 is 1.00 bits per heavy atom. The fourth-order valence-corrected chi connectivity index (χ4v) is 3.83. The first-order valence-corrected chi connectivity index (χ1v) is 10.3. The molecule has 0 bridgehead atoms. The van der Waals surface area contributed by atoms with Crippen molar-refractivity contribution in [2.75, 3.05) is 53.5 Å². The minimum Gasteiger partial charge on any atom is -0.497 e. The van der Waals surface area contributed by atoms with Gasteiger partial charge in [0.1, 0.15) is 29.4 Å². The van der Waals surface area contributed by atoms with Crippen LogP contribution in [0.5, 0.6) is 11.5 Å². The summed E-state index contributed by atoms with van der Waals surface area (Å²) in [5.74, 6) is 2.06. The van der Waals surface area contributed by atoms with E-state index < -0.39 is 0 Å². The smallest absolute Gasteiger partial charge is 0.200 e. The van der Waals surface area contributed by atoms with Crippen LogP contribution < -0.4 is 14.9 Å². The van der Waals surface area contributed by atoms with Gasteiger partial charge in [-0.25, -0.2) is 0 Å². The first kappa shape index (κ1) is 20.4. The number of hydrogen-bond acceptors (Lipinski definition) is 6. The number of ether oxygens (including phenoxy) is 2. The van der Waals surface area contributed by atoms with Crippen LogP contribution in [0.4, 0.5) is 0 Å². The molecule has 0 saturated carbocycles. The van der Waals surface area contributed by atoms with Gasteiger partial charge in [-0.2, -0.15) is 0 Å². The van der Waals surface area contributed by atoms with E-state index in [2.05, 4.69) is 16.8 Å². The number of piperazine rings is 1. The normalized spacial score (nSPS) is 15.4. The molecule has 0 aliphatic carbocycles. The zero-order valence-corrected chi connectivity index (χ0v) is 17.8. The van der Waals surface area contributed by atoms with Gasteiger partial charge < -0.3 is 18.8 Å². The van der Waals surface area contributed by atoms with Crippen LogP contribution in [0.25, 0.3) is 22.1 Å². The molecule has 0 spiro atoms. The SMILES string of the molecule is COc1ccc(-c2c(C)oc3cc(OCCN4CCN(C)CC4)ccc3c2=O)cc1. The van der Waals surface area contributed by atoms with Gasteiger partial charge in [0.05, 0.1) is 18.1 Å². The summed E-state index contributed by atoms with van der Waals surface area (Å²) in [6.07, 6.45) is 0. The maximum Gasteiger partial charge on any atom is 0.200 e. The first-order chi connectivity index (χ1) is 14.5. The van der Waals surface area contributed by atoms with Crippen molar-refractivity contribution in [2.24, 2.45) is 0 Å². The van der Waals surface area contributed by atoms with Crippen molar-refractivity contribution in [1.29, 1.82) is 0 Å². The highest BCUT2D eigenvalue weighted by Gasteiger charge is 2.15. The third kappa shape index (κ3) is 4.35. The van der Waals surface area contributed by atoms with Gasteiger partial charge in [0.15, 0.2) is 0 Å². The molecule has 3 aromatic rings. The Hall–Kier alpha value is -2.83. The van der Waals surface area contributed by atoms with Crippen LogP contribution in [0.2, 0.25) is 0 Å². The minimum atomic E-state index is -0.0390. The molecule has 2 aromatic carbocycles. The van der Waals surface area contributed by atoms with Gasteiger partial charge in [0, 0.05) is 38.8 Å². The lowest BCUT2D eigenvalue weighted by atomic mass is 10.0. The fraction of sp³-hybridized carbons (Fsp3) is 0.375. The van der Waals surface area contributed by atoms with Crippen molar-refractivity contribution in [1.82, 2.24) is 9.80 Å². The molecule has 0 amide bonds. The first-order valence-electron chi connectivity index (χ1n) is 10.3. The number of rotatable bonds is 6.